The SMILES string of the molecule is CC.CCCC1(CC)CCN(c2cnc(Sc3cccc(Cl)c3Cl)c(C)n2)CC1. The van der Waals surface area contributed by atoms with Crippen LogP contribution in [-0.2, 0) is 0 Å². The number of halogens is 2. The molecule has 3 nitrogen and oxygen atoms in total. The summed E-state index contributed by atoms with van der Waals surface area (Å²) in [6.45, 7) is 12.8. The van der Waals surface area contributed by atoms with Crippen molar-refractivity contribution >= 4 is 40.8 Å². The highest BCUT2D eigenvalue weighted by molar-refractivity contribution is 7.99. The van der Waals surface area contributed by atoms with Crippen molar-refractivity contribution in [1.82, 2.24) is 9.97 Å². The number of piperidine rings is 1. The summed E-state index contributed by atoms with van der Waals surface area (Å²) in [5, 5.41) is 2.00. The Morgan fingerprint density at radius 3 is 2.41 bits per heavy atom. The predicted octanol–water partition coefficient (Wildman–Crippen LogP) is 8.07. The van der Waals surface area contributed by atoms with E-state index in [0.717, 1.165) is 34.5 Å². The third kappa shape index (κ3) is 6.02. The summed E-state index contributed by atoms with van der Waals surface area (Å²) in [5.74, 6) is 0.982. The van der Waals surface area contributed by atoms with Gasteiger partial charge >= 0.3 is 0 Å². The molecule has 2 aromatic rings. The van der Waals surface area contributed by atoms with Crippen molar-refractivity contribution in [1.29, 1.82) is 0 Å². The van der Waals surface area contributed by atoms with Crippen LogP contribution in [0.2, 0.25) is 10.0 Å². The second-order valence-corrected chi connectivity index (χ2v) is 9.18. The van der Waals surface area contributed by atoms with E-state index < -0.39 is 0 Å². The second-order valence-electron chi connectivity index (χ2n) is 7.36. The molecular formula is C23H33Cl2N3S. The molecule has 2 heterocycles. The molecule has 3 rings (SSSR count). The maximum atomic E-state index is 6.31. The molecule has 0 spiro atoms. The van der Waals surface area contributed by atoms with Crippen LogP contribution >= 0.6 is 35.0 Å². The van der Waals surface area contributed by atoms with Crippen LogP contribution < -0.4 is 4.90 Å². The monoisotopic (exact) mass is 453 g/mol. The Morgan fingerprint density at radius 1 is 1.14 bits per heavy atom. The van der Waals surface area contributed by atoms with Crippen LogP contribution in [0.15, 0.2) is 34.3 Å². The minimum atomic E-state index is 0.521. The van der Waals surface area contributed by atoms with E-state index >= 15 is 0 Å². The summed E-state index contributed by atoms with van der Waals surface area (Å²) in [7, 11) is 0. The van der Waals surface area contributed by atoms with Gasteiger partial charge in [-0.1, -0.05) is 81.6 Å². The first kappa shape index (κ1) is 24.3. The summed E-state index contributed by atoms with van der Waals surface area (Å²) in [4.78, 5) is 12.8. The number of nitrogens with zero attached hydrogens (tertiary/aromatic N) is 3. The van der Waals surface area contributed by atoms with Crippen molar-refractivity contribution in [2.24, 2.45) is 5.41 Å². The lowest BCUT2D eigenvalue weighted by atomic mass is 9.73. The number of aryl methyl sites for hydroxylation is 1. The highest BCUT2D eigenvalue weighted by Crippen LogP contribution is 2.41. The molecule has 160 valence electrons. The first-order valence-electron chi connectivity index (χ1n) is 10.7. The Morgan fingerprint density at radius 2 is 1.83 bits per heavy atom. The molecule has 1 aromatic carbocycles. The molecule has 0 aliphatic carbocycles. The van der Waals surface area contributed by atoms with Gasteiger partial charge in [-0.15, -0.1) is 0 Å². The van der Waals surface area contributed by atoms with E-state index in [2.05, 4.69) is 23.7 Å². The van der Waals surface area contributed by atoms with Gasteiger partial charge in [-0.3, -0.25) is 0 Å². The van der Waals surface area contributed by atoms with E-state index in [0.29, 0.717) is 15.5 Å². The normalized spacial score (nSPS) is 15.6. The maximum Gasteiger partial charge on any atom is 0.147 e. The first-order chi connectivity index (χ1) is 14.0. The molecule has 0 unspecified atom stereocenters. The smallest absolute Gasteiger partial charge is 0.147 e. The van der Waals surface area contributed by atoms with Gasteiger partial charge < -0.3 is 4.90 Å². The fourth-order valence-corrected chi connectivity index (χ4v) is 5.22. The molecular weight excluding hydrogens is 421 g/mol. The number of anilines is 1. The van der Waals surface area contributed by atoms with Crippen molar-refractivity contribution in [3.05, 3.63) is 40.1 Å². The van der Waals surface area contributed by atoms with Crippen molar-refractivity contribution in [2.45, 2.75) is 76.6 Å². The van der Waals surface area contributed by atoms with Crippen LogP contribution in [0.4, 0.5) is 5.82 Å². The second kappa shape index (κ2) is 11.4. The molecule has 0 saturated carbocycles. The number of hydrogen-bond donors (Lipinski definition) is 0. The van der Waals surface area contributed by atoms with Crippen LogP contribution in [-0.4, -0.2) is 23.1 Å². The Balaban J connectivity index is 0.00000145. The average Bonchev–Trinajstić information content (AvgIpc) is 2.75. The van der Waals surface area contributed by atoms with E-state index in [1.807, 2.05) is 39.1 Å². The van der Waals surface area contributed by atoms with Crippen LogP contribution in [0.1, 0.15) is 65.5 Å². The van der Waals surface area contributed by atoms with Gasteiger partial charge in [-0.2, -0.15) is 0 Å². The van der Waals surface area contributed by atoms with Gasteiger partial charge in [0.2, 0.25) is 0 Å². The summed E-state index contributed by atoms with van der Waals surface area (Å²) < 4.78 is 0. The summed E-state index contributed by atoms with van der Waals surface area (Å²) in [6, 6.07) is 5.65. The Labute approximate surface area is 190 Å². The molecule has 0 bridgehead atoms. The van der Waals surface area contributed by atoms with Crippen LogP contribution in [0, 0.1) is 12.3 Å². The van der Waals surface area contributed by atoms with Crippen molar-refractivity contribution in [3.8, 4) is 0 Å². The topological polar surface area (TPSA) is 29.0 Å². The molecule has 6 heteroatoms. The standard InChI is InChI=1S/C21H27Cl2N3S.C2H6/c1-4-9-21(5-2)10-12-26(13-11-21)18-14-24-20(15(3)25-18)27-17-8-6-7-16(22)19(17)23;1-2/h6-8,14H,4-5,9-13H2,1-3H3;1-2H3. The van der Waals surface area contributed by atoms with Gasteiger partial charge in [-0.25, -0.2) is 9.97 Å². The third-order valence-electron chi connectivity index (χ3n) is 5.69. The largest absolute Gasteiger partial charge is 0.355 e. The minimum Gasteiger partial charge on any atom is -0.355 e. The van der Waals surface area contributed by atoms with Gasteiger partial charge in [0.1, 0.15) is 10.8 Å². The zero-order valence-electron chi connectivity index (χ0n) is 18.3. The maximum absolute atomic E-state index is 6.31. The lowest BCUT2D eigenvalue weighted by molar-refractivity contribution is 0.188. The van der Waals surface area contributed by atoms with Gasteiger partial charge in [0.15, 0.2) is 0 Å². The Kier molecular flexibility index (Phi) is 9.58. The zero-order valence-corrected chi connectivity index (χ0v) is 20.6. The number of rotatable bonds is 6. The quantitative estimate of drug-likeness (QED) is 0.441. The molecule has 1 aromatic heterocycles. The Bertz CT molecular complexity index is 790. The molecule has 0 radical (unpaired) electrons. The van der Waals surface area contributed by atoms with Crippen molar-refractivity contribution < 1.29 is 0 Å². The minimum absolute atomic E-state index is 0.521. The molecule has 29 heavy (non-hydrogen) atoms. The zero-order chi connectivity index (χ0) is 21.4. The van der Waals surface area contributed by atoms with E-state index in [4.69, 9.17) is 28.2 Å². The third-order valence-corrected chi connectivity index (χ3v) is 7.78. The van der Waals surface area contributed by atoms with E-state index in [-0.39, 0.29) is 0 Å². The van der Waals surface area contributed by atoms with Crippen LogP contribution in [0.3, 0.4) is 0 Å². The summed E-state index contributed by atoms with van der Waals surface area (Å²) in [6.07, 6.45) is 8.25. The van der Waals surface area contributed by atoms with Gasteiger partial charge in [0.25, 0.3) is 0 Å². The fraction of sp³-hybridized carbons (Fsp3) is 0.565. The first-order valence-corrected chi connectivity index (χ1v) is 12.3. The van der Waals surface area contributed by atoms with E-state index in [1.54, 1.807) is 6.07 Å². The molecule has 0 atom stereocenters. The lowest BCUT2D eigenvalue weighted by Crippen LogP contribution is -2.40. The molecule has 1 aliphatic heterocycles. The average molecular weight is 455 g/mol. The van der Waals surface area contributed by atoms with E-state index in [1.165, 1.54) is 43.9 Å². The molecule has 1 aliphatic rings. The highest BCUT2D eigenvalue weighted by Gasteiger charge is 2.32. The summed E-state index contributed by atoms with van der Waals surface area (Å²) >= 11 is 13.9. The number of hydrogen-bond acceptors (Lipinski definition) is 4. The van der Waals surface area contributed by atoms with Gasteiger partial charge in [0, 0.05) is 18.0 Å². The van der Waals surface area contributed by atoms with Gasteiger partial charge in [0.05, 0.1) is 21.9 Å². The Hall–Kier alpha value is -0.970. The predicted molar refractivity (Wildman–Crippen MR) is 128 cm³/mol. The summed E-state index contributed by atoms with van der Waals surface area (Å²) in [5.41, 5.74) is 1.45. The number of benzene rings is 1. The molecule has 0 amide bonds. The molecule has 1 fully saturated rings. The number of aromatic nitrogens is 2. The lowest BCUT2D eigenvalue weighted by Gasteiger charge is -2.42. The van der Waals surface area contributed by atoms with E-state index in [9.17, 15) is 0 Å². The van der Waals surface area contributed by atoms with Crippen molar-refractivity contribution in [2.75, 3.05) is 18.0 Å². The molecule has 0 N–H and O–H groups in total. The van der Waals surface area contributed by atoms with Crippen molar-refractivity contribution in [3.63, 3.8) is 0 Å². The molecule has 1 saturated heterocycles. The van der Waals surface area contributed by atoms with Gasteiger partial charge in [-0.05, 0) is 43.7 Å². The van der Waals surface area contributed by atoms with Crippen LogP contribution in [0.5, 0.6) is 0 Å². The highest BCUT2D eigenvalue weighted by atomic mass is 35.5. The fourth-order valence-electron chi connectivity index (χ4n) is 3.90. The van der Waals surface area contributed by atoms with Crippen LogP contribution in [0.25, 0.3) is 0 Å².